The summed E-state index contributed by atoms with van der Waals surface area (Å²) >= 11 is 0. The van der Waals surface area contributed by atoms with Gasteiger partial charge in [-0.25, -0.2) is 0 Å². The van der Waals surface area contributed by atoms with E-state index in [-0.39, 0.29) is 0 Å². The van der Waals surface area contributed by atoms with Crippen molar-refractivity contribution in [3.05, 3.63) is 64.7 Å². The van der Waals surface area contributed by atoms with Gasteiger partial charge in [-0.05, 0) is 62.1 Å². The van der Waals surface area contributed by atoms with Gasteiger partial charge in [0.1, 0.15) is 5.75 Å². The van der Waals surface area contributed by atoms with Crippen LogP contribution >= 0.6 is 0 Å². The van der Waals surface area contributed by atoms with E-state index in [1.165, 1.54) is 22.3 Å². The van der Waals surface area contributed by atoms with E-state index in [2.05, 4.69) is 61.6 Å². The molecule has 2 rings (SSSR count). The van der Waals surface area contributed by atoms with Crippen LogP contribution in [0.1, 0.15) is 34.7 Å². The molecule has 0 aliphatic rings. The van der Waals surface area contributed by atoms with Crippen LogP contribution in [0.2, 0.25) is 0 Å². The number of rotatable bonds is 6. The minimum absolute atomic E-state index is 0.370. The summed E-state index contributed by atoms with van der Waals surface area (Å²) in [5.41, 5.74) is 5.23. The lowest BCUT2D eigenvalue weighted by Gasteiger charge is -2.21. The highest BCUT2D eigenvalue weighted by Crippen LogP contribution is 2.28. The molecular formula is C19H25NO. The molecule has 0 heterocycles. The largest absolute Gasteiger partial charge is 0.496 e. The smallest absolute Gasteiger partial charge is 0.122 e. The minimum Gasteiger partial charge on any atom is -0.496 e. The van der Waals surface area contributed by atoms with Crippen molar-refractivity contribution in [3.63, 3.8) is 0 Å². The first kappa shape index (κ1) is 15.6. The number of benzene rings is 2. The summed E-state index contributed by atoms with van der Waals surface area (Å²) in [5.74, 6) is 0.967. The molecule has 112 valence electrons. The third-order valence-corrected chi connectivity index (χ3v) is 4.07. The molecule has 0 aliphatic carbocycles. The number of hydrogen-bond donors (Lipinski definition) is 1. The van der Waals surface area contributed by atoms with Crippen molar-refractivity contribution in [2.24, 2.45) is 0 Å². The Hall–Kier alpha value is -1.80. The van der Waals surface area contributed by atoms with Crippen LogP contribution in [0.25, 0.3) is 0 Å². The van der Waals surface area contributed by atoms with E-state index in [0.717, 1.165) is 18.6 Å². The van der Waals surface area contributed by atoms with Crippen LogP contribution in [0.5, 0.6) is 5.75 Å². The molecule has 0 fully saturated rings. The number of ether oxygens (including phenoxy) is 1. The standard InChI is InChI=1S/C19H25NO/c1-14-13-19(21-4)15(2)12-17(14)18(20-3)11-10-16-8-6-5-7-9-16/h5-9,12-13,18,20H,10-11H2,1-4H3. The Bertz CT molecular complexity index is 578. The van der Waals surface area contributed by atoms with Crippen LogP contribution in [-0.4, -0.2) is 14.2 Å². The van der Waals surface area contributed by atoms with Crippen molar-refractivity contribution in [2.75, 3.05) is 14.2 Å². The quantitative estimate of drug-likeness (QED) is 0.857. The van der Waals surface area contributed by atoms with Gasteiger partial charge in [0.25, 0.3) is 0 Å². The van der Waals surface area contributed by atoms with Crippen LogP contribution in [0.4, 0.5) is 0 Å². The molecule has 2 heteroatoms. The monoisotopic (exact) mass is 283 g/mol. The Balaban J connectivity index is 2.16. The molecule has 2 nitrogen and oxygen atoms in total. The molecule has 0 amide bonds. The first-order chi connectivity index (χ1) is 10.2. The molecule has 1 unspecified atom stereocenters. The van der Waals surface area contributed by atoms with Crippen molar-refractivity contribution < 1.29 is 4.74 Å². The van der Waals surface area contributed by atoms with Crippen molar-refractivity contribution in [2.45, 2.75) is 32.7 Å². The van der Waals surface area contributed by atoms with E-state index in [1.807, 2.05) is 7.05 Å². The molecule has 0 spiro atoms. The van der Waals surface area contributed by atoms with E-state index >= 15 is 0 Å². The van der Waals surface area contributed by atoms with Gasteiger partial charge in [-0.15, -0.1) is 0 Å². The second kappa shape index (κ2) is 7.28. The third kappa shape index (κ3) is 3.85. The van der Waals surface area contributed by atoms with Gasteiger partial charge >= 0.3 is 0 Å². The van der Waals surface area contributed by atoms with Gasteiger partial charge in [0.2, 0.25) is 0 Å². The van der Waals surface area contributed by atoms with E-state index in [0.29, 0.717) is 6.04 Å². The first-order valence-electron chi connectivity index (χ1n) is 7.52. The molecule has 0 radical (unpaired) electrons. The maximum Gasteiger partial charge on any atom is 0.122 e. The lowest BCUT2D eigenvalue weighted by atomic mass is 9.94. The zero-order chi connectivity index (χ0) is 15.2. The summed E-state index contributed by atoms with van der Waals surface area (Å²) in [4.78, 5) is 0. The second-order valence-corrected chi connectivity index (χ2v) is 5.54. The van der Waals surface area contributed by atoms with Gasteiger partial charge in [-0.3, -0.25) is 0 Å². The number of nitrogens with one attached hydrogen (secondary N) is 1. The van der Waals surface area contributed by atoms with Crippen LogP contribution < -0.4 is 10.1 Å². The average molecular weight is 283 g/mol. The van der Waals surface area contributed by atoms with Crippen molar-refractivity contribution in [3.8, 4) is 5.75 Å². The van der Waals surface area contributed by atoms with E-state index in [1.54, 1.807) is 7.11 Å². The first-order valence-corrected chi connectivity index (χ1v) is 7.52. The average Bonchev–Trinajstić information content (AvgIpc) is 2.51. The Morgan fingerprint density at radius 3 is 2.38 bits per heavy atom. The van der Waals surface area contributed by atoms with Crippen molar-refractivity contribution in [1.82, 2.24) is 5.32 Å². The van der Waals surface area contributed by atoms with Crippen molar-refractivity contribution >= 4 is 0 Å². The van der Waals surface area contributed by atoms with Crippen LogP contribution in [0, 0.1) is 13.8 Å². The van der Waals surface area contributed by atoms with Gasteiger partial charge in [0.15, 0.2) is 0 Å². The lowest BCUT2D eigenvalue weighted by Crippen LogP contribution is -2.18. The Morgan fingerprint density at radius 2 is 1.76 bits per heavy atom. The van der Waals surface area contributed by atoms with Crippen LogP contribution in [0.3, 0.4) is 0 Å². The summed E-state index contributed by atoms with van der Waals surface area (Å²) < 4.78 is 5.40. The molecule has 2 aromatic rings. The van der Waals surface area contributed by atoms with Gasteiger partial charge in [-0.2, -0.15) is 0 Å². The molecule has 0 saturated carbocycles. The van der Waals surface area contributed by atoms with E-state index < -0.39 is 0 Å². The number of methoxy groups -OCH3 is 1. The highest BCUT2D eigenvalue weighted by molar-refractivity contribution is 5.43. The second-order valence-electron chi connectivity index (χ2n) is 5.54. The predicted molar refractivity (Wildman–Crippen MR) is 89.0 cm³/mol. The molecule has 0 bridgehead atoms. The van der Waals surface area contributed by atoms with Crippen LogP contribution in [-0.2, 0) is 6.42 Å². The molecule has 0 saturated heterocycles. The summed E-state index contributed by atoms with van der Waals surface area (Å²) in [6, 6.07) is 15.4. The molecule has 21 heavy (non-hydrogen) atoms. The SMILES string of the molecule is CNC(CCc1ccccc1)c1cc(C)c(OC)cc1C. The molecule has 2 aromatic carbocycles. The summed E-state index contributed by atoms with van der Waals surface area (Å²) in [6.07, 6.45) is 2.17. The Labute approximate surface area is 128 Å². The summed E-state index contributed by atoms with van der Waals surface area (Å²) in [5, 5.41) is 3.45. The molecule has 1 atom stereocenters. The third-order valence-electron chi connectivity index (χ3n) is 4.07. The van der Waals surface area contributed by atoms with E-state index in [4.69, 9.17) is 4.74 Å². The van der Waals surface area contributed by atoms with Gasteiger partial charge in [-0.1, -0.05) is 36.4 Å². The Kier molecular flexibility index (Phi) is 5.40. The molecule has 0 aromatic heterocycles. The highest BCUT2D eigenvalue weighted by Gasteiger charge is 2.14. The fourth-order valence-corrected chi connectivity index (χ4v) is 2.82. The fraction of sp³-hybridized carbons (Fsp3) is 0.368. The molecule has 1 N–H and O–H groups in total. The normalized spacial score (nSPS) is 12.2. The zero-order valence-corrected chi connectivity index (χ0v) is 13.4. The highest BCUT2D eigenvalue weighted by atomic mass is 16.5. The molecule has 0 aliphatic heterocycles. The van der Waals surface area contributed by atoms with Gasteiger partial charge in [0.05, 0.1) is 7.11 Å². The van der Waals surface area contributed by atoms with Gasteiger partial charge < -0.3 is 10.1 Å². The number of aryl methyl sites for hydroxylation is 3. The summed E-state index contributed by atoms with van der Waals surface area (Å²) in [7, 11) is 3.76. The zero-order valence-electron chi connectivity index (χ0n) is 13.4. The Morgan fingerprint density at radius 1 is 1.05 bits per heavy atom. The number of hydrogen-bond acceptors (Lipinski definition) is 2. The predicted octanol–water partition coefficient (Wildman–Crippen LogP) is 4.21. The summed E-state index contributed by atoms with van der Waals surface area (Å²) in [6.45, 7) is 4.26. The van der Waals surface area contributed by atoms with Gasteiger partial charge in [0, 0.05) is 6.04 Å². The van der Waals surface area contributed by atoms with E-state index in [9.17, 15) is 0 Å². The van der Waals surface area contributed by atoms with Crippen molar-refractivity contribution in [1.29, 1.82) is 0 Å². The van der Waals surface area contributed by atoms with Crippen LogP contribution in [0.15, 0.2) is 42.5 Å². The minimum atomic E-state index is 0.370. The maximum atomic E-state index is 5.40. The fourth-order valence-electron chi connectivity index (χ4n) is 2.82. The lowest BCUT2D eigenvalue weighted by molar-refractivity contribution is 0.410. The maximum absolute atomic E-state index is 5.40. The topological polar surface area (TPSA) is 21.3 Å². The molecular weight excluding hydrogens is 258 g/mol.